The van der Waals surface area contributed by atoms with Gasteiger partial charge in [0.15, 0.2) is 6.17 Å². The van der Waals surface area contributed by atoms with Gasteiger partial charge < -0.3 is 20.1 Å². The Morgan fingerprint density at radius 3 is 2.78 bits per heavy atom. The summed E-state index contributed by atoms with van der Waals surface area (Å²) in [6.45, 7) is 1.73. The van der Waals surface area contributed by atoms with E-state index in [0.717, 1.165) is 6.92 Å². The summed E-state index contributed by atoms with van der Waals surface area (Å²) in [6.07, 6.45) is -1.87. The average molecular weight is 384 g/mol. The molecule has 7 atom stereocenters. The van der Waals surface area contributed by atoms with Gasteiger partial charge in [0.05, 0.1) is 24.9 Å². The van der Waals surface area contributed by atoms with Gasteiger partial charge in [0.2, 0.25) is 5.85 Å². The van der Waals surface area contributed by atoms with Crippen LogP contribution in [0.3, 0.4) is 0 Å². The molecule has 3 heterocycles. The molecular formula is C17H22F2N4O4. The van der Waals surface area contributed by atoms with Gasteiger partial charge in [-0.2, -0.15) is 0 Å². The zero-order valence-corrected chi connectivity index (χ0v) is 14.9. The summed E-state index contributed by atoms with van der Waals surface area (Å²) in [5.41, 5.74) is 1.09. The summed E-state index contributed by atoms with van der Waals surface area (Å²) >= 11 is 0. The van der Waals surface area contributed by atoms with Crippen molar-refractivity contribution in [2.75, 3.05) is 6.61 Å². The molecule has 0 radical (unpaired) electrons. The molecule has 10 heteroatoms. The number of hydrogen-bond acceptors (Lipinski definition) is 7. The van der Waals surface area contributed by atoms with Crippen LogP contribution in [0.25, 0.3) is 11.3 Å². The van der Waals surface area contributed by atoms with E-state index in [1.165, 1.54) is 10.9 Å². The Balaban J connectivity index is 1.94. The lowest BCUT2D eigenvalue weighted by atomic mass is 9.82. The Morgan fingerprint density at radius 2 is 2.15 bits per heavy atom. The quantitative estimate of drug-likeness (QED) is 0.694. The second-order valence-electron chi connectivity index (χ2n) is 6.89. The van der Waals surface area contributed by atoms with E-state index in [1.54, 1.807) is 31.5 Å². The van der Waals surface area contributed by atoms with Crippen molar-refractivity contribution in [3.05, 3.63) is 30.7 Å². The van der Waals surface area contributed by atoms with E-state index in [1.807, 2.05) is 0 Å². The van der Waals surface area contributed by atoms with Crippen LogP contribution in [0.5, 0.6) is 0 Å². The van der Waals surface area contributed by atoms with Crippen LogP contribution in [0.15, 0.2) is 30.7 Å². The minimum Gasteiger partial charge on any atom is -0.394 e. The van der Waals surface area contributed by atoms with Crippen molar-refractivity contribution in [1.29, 1.82) is 0 Å². The summed E-state index contributed by atoms with van der Waals surface area (Å²) < 4.78 is 35.9. The molecule has 27 heavy (non-hydrogen) atoms. The van der Waals surface area contributed by atoms with E-state index < -0.39 is 48.9 Å². The van der Waals surface area contributed by atoms with Gasteiger partial charge in [-0.1, -0.05) is 12.1 Å². The predicted octanol–water partition coefficient (Wildman–Crippen LogP) is 0.654. The Morgan fingerprint density at radius 1 is 1.41 bits per heavy atom. The van der Waals surface area contributed by atoms with Crippen molar-refractivity contribution in [3.8, 4) is 11.3 Å². The maximum absolute atomic E-state index is 14.9. The van der Waals surface area contributed by atoms with Crippen molar-refractivity contribution < 1.29 is 28.8 Å². The molecule has 1 fully saturated rings. The van der Waals surface area contributed by atoms with Crippen LogP contribution in [-0.4, -0.2) is 72.2 Å². The fourth-order valence-electron chi connectivity index (χ4n) is 3.36. The van der Waals surface area contributed by atoms with Crippen LogP contribution in [-0.2, 0) is 4.74 Å². The zero-order chi connectivity index (χ0) is 19.8. The van der Waals surface area contributed by atoms with E-state index in [-0.39, 0.29) is 0 Å². The first kappa shape index (κ1) is 19.7. The second kappa shape index (κ2) is 7.55. The largest absolute Gasteiger partial charge is 0.394 e. The number of pyridine rings is 1. The van der Waals surface area contributed by atoms with Gasteiger partial charge in [-0.25, -0.2) is 13.5 Å². The third-order valence-electron chi connectivity index (χ3n) is 4.91. The first-order valence-corrected chi connectivity index (χ1v) is 8.56. The molecule has 0 saturated carbocycles. The highest BCUT2D eigenvalue weighted by molar-refractivity contribution is 5.55. The van der Waals surface area contributed by atoms with Gasteiger partial charge in [0, 0.05) is 23.9 Å². The number of aromatic nitrogens is 4. The fraction of sp³-hybridized carbons (Fsp3) is 0.588. The van der Waals surface area contributed by atoms with Gasteiger partial charge in [0.25, 0.3) is 0 Å². The SMILES string of the molecule is C[C@H]1[C@H]([C@H](O)[C@H](O)CO)OC(C)(F)C(F)[C@@H]1n1cc(-c2cccnc2)nn1. The van der Waals surface area contributed by atoms with E-state index >= 15 is 0 Å². The predicted molar refractivity (Wildman–Crippen MR) is 89.8 cm³/mol. The van der Waals surface area contributed by atoms with Crippen LogP contribution in [0, 0.1) is 5.92 Å². The normalized spacial score (nSPS) is 33.6. The molecule has 2 aromatic rings. The molecule has 3 rings (SSSR count). The first-order chi connectivity index (χ1) is 12.8. The lowest BCUT2D eigenvalue weighted by Crippen LogP contribution is -2.59. The van der Waals surface area contributed by atoms with Crippen molar-refractivity contribution in [2.45, 2.75) is 50.2 Å². The number of rotatable bonds is 5. The molecule has 0 aliphatic carbocycles. The van der Waals surface area contributed by atoms with E-state index in [9.17, 15) is 19.0 Å². The number of aliphatic hydroxyl groups excluding tert-OH is 3. The van der Waals surface area contributed by atoms with Crippen molar-refractivity contribution in [3.63, 3.8) is 0 Å². The number of alkyl halides is 2. The third kappa shape index (κ3) is 3.70. The van der Waals surface area contributed by atoms with Gasteiger partial charge >= 0.3 is 0 Å². The zero-order valence-electron chi connectivity index (χ0n) is 14.9. The summed E-state index contributed by atoms with van der Waals surface area (Å²) in [4.78, 5) is 3.98. The molecule has 1 aliphatic heterocycles. The summed E-state index contributed by atoms with van der Waals surface area (Å²) in [5.74, 6) is -3.50. The van der Waals surface area contributed by atoms with Gasteiger partial charge in [0.1, 0.15) is 17.9 Å². The van der Waals surface area contributed by atoms with Crippen LogP contribution >= 0.6 is 0 Å². The smallest absolute Gasteiger partial charge is 0.240 e. The molecule has 2 unspecified atom stereocenters. The fourth-order valence-corrected chi connectivity index (χ4v) is 3.36. The van der Waals surface area contributed by atoms with E-state index in [2.05, 4.69) is 15.3 Å². The third-order valence-corrected chi connectivity index (χ3v) is 4.91. The Hall–Kier alpha value is -2.01. The average Bonchev–Trinajstić information content (AvgIpc) is 3.14. The van der Waals surface area contributed by atoms with Crippen molar-refractivity contribution in [1.82, 2.24) is 20.0 Å². The molecule has 3 N–H and O–H groups in total. The minimum absolute atomic E-state index is 0.432. The lowest BCUT2D eigenvalue weighted by molar-refractivity contribution is -0.288. The van der Waals surface area contributed by atoms with Gasteiger partial charge in [-0.05, 0) is 19.1 Å². The molecule has 2 aromatic heterocycles. The summed E-state index contributed by atoms with van der Waals surface area (Å²) in [6, 6.07) is 2.33. The van der Waals surface area contributed by atoms with Gasteiger partial charge in [-0.3, -0.25) is 4.98 Å². The monoisotopic (exact) mass is 384 g/mol. The molecular weight excluding hydrogens is 362 g/mol. The number of hydrogen-bond donors (Lipinski definition) is 3. The maximum atomic E-state index is 14.9. The molecule has 148 valence electrons. The topological polar surface area (TPSA) is 114 Å². The van der Waals surface area contributed by atoms with E-state index in [4.69, 9.17) is 9.84 Å². The highest BCUT2D eigenvalue weighted by Crippen LogP contribution is 2.44. The number of aliphatic hydroxyl groups is 3. The number of nitrogens with zero attached hydrogens (tertiary/aromatic N) is 4. The molecule has 0 aromatic carbocycles. The second-order valence-corrected chi connectivity index (χ2v) is 6.89. The Bertz CT molecular complexity index is 760. The van der Waals surface area contributed by atoms with Crippen molar-refractivity contribution >= 4 is 0 Å². The minimum atomic E-state index is -2.72. The standard InChI is InChI=1S/C17H22F2N4O4/c1-9-13(23-7-11(21-22-23)10-4-3-5-20-6-10)16(18)17(2,19)27-15(9)14(26)12(25)8-24/h3-7,9,12-16,24-26H,8H2,1-2H3/t9-,12-,13-,14-,15-,16?,17?/m1/s1. The Kier molecular flexibility index (Phi) is 5.52. The number of ether oxygens (including phenoxy) is 1. The number of halogens is 2. The van der Waals surface area contributed by atoms with Crippen molar-refractivity contribution in [2.24, 2.45) is 5.92 Å². The summed E-state index contributed by atoms with van der Waals surface area (Å²) in [7, 11) is 0. The lowest BCUT2D eigenvalue weighted by Gasteiger charge is -2.46. The first-order valence-electron chi connectivity index (χ1n) is 8.56. The molecule has 0 amide bonds. The molecule has 1 aliphatic rings. The molecule has 1 saturated heterocycles. The summed E-state index contributed by atoms with van der Waals surface area (Å²) in [5, 5.41) is 36.9. The highest BCUT2D eigenvalue weighted by atomic mass is 19.2. The van der Waals surface area contributed by atoms with Gasteiger partial charge in [-0.15, -0.1) is 5.10 Å². The van der Waals surface area contributed by atoms with Crippen LogP contribution in [0.4, 0.5) is 8.78 Å². The maximum Gasteiger partial charge on any atom is 0.240 e. The molecule has 8 nitrogen and oxygen atoms in total. The van der Waals surface area contributed by atoms with Crippen LogP contribution in [0.1, 0.15) is 19.9 Å². The molecule has 0 bridgehead atoms. The van der Waals surface area contributed by atoms with Crippen LogP contribution < -0.4 is 0 Å². The van der Waals surface area contributed by atoms with E-state index in [0.29, 0.717) is 11.3 Å². The molecule has 0 spiro atoms. The highest BCUT2D eigenvalue weighted by Gasteiger charge is 2.55. The van der Waals surface area contributed by atoms with Crippen LogP contribution in [0.2, 0.25) is 0 Å². The Labute approximate surface area is 154 Å².